The van der Waals surface area contributed by atoms with E-state index in [4.69, 9.17) is 5.73 Å². The van der Waals surface area contributed by atoms with E-state index in [1.54, 1.807) is 11.8 Å². The van der Waals surface area contributed by atoms with Gasteiger partial charge >= 0.3 is 0 Å². The van der Waals surface area contributed by atoms with Gasteiger partial charge in [-0.25, -0.2) is 0 Å². The molecule has 2 aromatic rings. The molecule has 0 fully saturated rings. The lowest BCUT2D eigenvalue weighted by molar-refractivity contribution is 0.0984. The lowest BCUT2D eigenvalue weighted by atomic mass is 10.1. The van der Waals surface area contributed by atoms with E-state index in [1.165, 1.54) is 0 Å². The molecular weight excluding hydrogens is 280 g/mol. The number of hydrogen-bond donors (Lipinski definition) is 1. The van der Waals surface area contributed by atoms with Gasteiger partial charge in [0.05, 0.1) is 5.56 Å². The topological polar surface area (TPSA) is 46.3 Å². The predicted octanol–water partition coefficient (Wildman–Crippen LogP) is 4.05. The SMILES string of the molecule is CCCN(C(=O)c1ccccc1SC)c1ccc(N)cc1. The molecule has 2 rings (SSSR count). The zero-order valence-electron chi connectivity index (χ0n) is 12.4. The van der Waals surface area contributed by atoms with E-state index < -0.39 is 0 Å². The Morgan fingerprint density at radius 1 is 1.14 bits per heavy atom. The van der Waals surface area contributed by atoms with Crippen molar-refractivity contribution >= 4 is 29.0 Å². The van der Waals surface area contributed by atoms with Gasteiger partial charge in [0, 0.05) is 22.8 Å². The molecule has 0 radical (unpaired) electrons. The van der Waals surface area contributed by atoms with Crippen LogP contribution in [0.15, 0.2) is 53.4 Å². The number of nitrogens with two attached hydrogens (primary N) is 1. The molecule has 2 aromatic carbocycles. The van der Waals surface area contributed by atoms with Gasteiger partial charge in [0.1, 0.15) is 0 Å². The number of thioether (sulfide) groups is 1. The fourth-order valence-electron chi connectivity index (χ4n) is 2.19. The second kappa shape index (κ2) is 7.18. The Bertz CT molecular complexity index is 610. The van der Waals surface area contributed by atoms with Crippen molar-refractivity contribution in [3.63, 3.8) is 0 Å². The first-order valence-electron chi connectivity index (χ1n) is 6.97. The molecule has 0 unspecified atom stereocenters. The van der Waals surface area contributed by atoms with Crippen molar-refractivity contribution in [2.75, 3.05) is 23.4 Å². The summed E-state index contributed by atoms with van der Waals surface area (Å²) in [7, 11) is 0. The molecule has 1 amide bonds. The number of nitrogen functional groups attached to an aromatic ring is 1. The molecule has 21 heavy (non-hydrogen) atoms. The van der Waals surface area contributed by atoms with Crippen molar-refractivity contribution in [1.29, 1.82) is 0 Å². The number of carbonyl (C=O) groups excluding carboxylic acids is 1. The monoisotopic (exact) mass is 300 g/mol. The number of hydrogen-bond acceptors (Lipinski definition) is 3. The highest BCUT2D eigenvalue weighted by Crippen LogP contribution is 2.25. The minimum absolute atomic E-state index is 0.0339. The van der Waals surface area contributed by atoms with Gasteiger partial charge in [-0.1, -0.05) is 19.1 Å². The summed E-state index contributed by atoms with van der Waals surface area (Å²) in [5.74, 6) is 0.0339. The number of carbonyl (C=O) groups is 1. The zero-order valence-corrected chi connectivity index (χ0v) is 13.2. The molecule has 2 N–H and O–H groups in total. The second-order valence-corrected chi connectivity index (χ2v) is 5.60. The van der Waals surface area contributed by atoms with Crippen LogP contribution in [0.1, 0.15) is 23.7 Å². The Labute approximate surface area is 130 Å². The number of anilines is 2. The zero-order chi connectivity index (χ0) is 15.2. The smallest absolute Gasteiger partial charge is 0.259 e. The van der Waals surface area contributed by atoms with Crippen LogP contribution in [0.5, 0.6) is 0 Å². The first-order chi connectivity index (χ1) is 10.2. The van der Waals surface area contributed by atoms with Crippen LogP contribution in [0.25, 0.3) is 0 Å². The molecule has 0 bridgehead atoms. The maximum absolute atomic E-state index is 12.9. The van der Waals surface area contributed by atoms with Gasteiger partial charge in [0.2, 0.25) is 0 Å². The third-order valence-electron chi connectivity index (χ3n) is 3.23. The summed E-state index contributed by atoms with van der Waals surface area (Å²) in [5.41, 5.74) is 8.06. The van der Waals surface area contributed by atoms with Crippen LogP contribution >= 0.6 is 11.8 Å². The molecule has 0 aliphatic heterocycles. The van der Waals surface area contributed by atoms with Crippen LogP contribution in [-0.4, -0.2) is 18.7 Å². The molecular formula is C17H20N2OS. The van der Waals surface area contributed by atoms with E-state index in [0.29, 0.717) is 12.2 Å². The maximum Gasteiger partial charge on any atom is 0.259 e. The van der Waals surface area contributed by atoms with Crippen LogP contribution in [0, 0.1) is 0 Å². The van der Waals surface area contributed by atoms with Crippen LogP contribution < -0.4 is 10.6 Å². The number of benzene rings is 2. The standard InChI is InChI=1S/C17H20N2OS/c1-3-12-19(14-10-8-13(18)9-11-14)17(20)15-6-4-5-7-16(15)21-2/h4-11H,3,12,18H2,1-2H3. The Hall–Kier alpha value is -1.94. The first-order valence-corrected chi connectivity index (χ1v) is 8.20. The summed E-state index contributed by atoms with van der Waals surface area (Å²) < 4.78 is 0. The van der Waals surface area contributed by atoms with E-state index in [1.807, 2.05) is 59.7 Å². The van der Waals surface area contributed by atoms with Crippen molar-refractivity contribution in [2.45, 2.75) is 18.2 Å². The lowest BCUT2D eigenvalue weighted by Gasteiger charge is -2.23. The number of rotatable bonds is 5. The Morgan fingerprint density at radius 2 is 1.81 bits per heavy atom. The number of nitrogens with zero attached hydrogens (tertiary/aromatic N) is 1. The normalized spacial score (nSPS) is 10.4. The molecule has 3 nitrogen and oxygen atoms in total. The van der Waals surface area contributed by atoms with E-state index in [9.17, 15) is 4.79 Å². The molecule has 0 heterocycles. The van der Waals surface area contributed by atoms with Crippen molar-refractivity contribution in [3.8, 4) is 0 Å². The third-order valence-corrected chi connectivity index (χ3v) is 4.03. The van der Waals surface area contributed by atoms with Gasteiger partial charge in [0.15, 0.2) is 0 Å². The van der Waals surface area contributed by atoms with Gasteiger partial charge in [-0.2, -0.15) is 0 Å². The highest BCUT2D eigenvalue weighted by atomic mass is 32.2. The van der Waals surface area contributed by atoms with Crippen molar-refractivity contribution in [3.05, 3.63) is 54.1 Å². The Balaban J connectivity index is 2.37. The van der Waals surface area contributed by atoms with Gasteiger partial charge in [-0.15, -0.1) is 11.8 Å². The fourth-order valence-corrected chi connectivity index (χ4v) is 2.78. The quantitative estimate of drug-likeness (QED) is 0.669. The van der Waals surface area contributed by atoms with Gasteiger partial charge in [0.25, 0.3) is 5.91 Å². The number of amides is 1. The molecule has 0 aromatic heterocycles. The summed E-state index contributed by atoms with van der Waals surface area (Å²) in [6.45, 7) is 2.75. The van der Waals surface area contributed by atoms with E-state index in [0.717, 1.165) is 22.6 Å². The summed E-state index contributed by atoms with van der Waals surface area (Å²) in [6, 6.07) is 15.2. The van der Waals surface area contributed by atoms with Crippen molar-refractivity contribution < 1.29 is 4.79 Å². The molecule has 110 valence electrons. The summed E-state index contributed by atoms with van der Waals surface area (Å²) in [5, 5.41) is 0. The van der Waals surface area contributed by atoms with Crippen LogP contribution in [0.4, 0.5) is 11.4 Å². The highest BCUT2D eigenvalue weighted by Gasteiger charge is 2.19. The molecule has 0 saturated heterocycles. The average molecular weight is 300 g/mol. The average Bonchev–Trinajstić information content (AvgIpc) is 2.53. The Morgan fingerprint density at radius 3 is 2.43 bits per heavy atom. The van der Waals surface area contributed by atoms with Crippen molar-refractivity contribution in [1.82, 2.24) is 0 Å². The molecule has 0 atom stereocenters. The Kier molecular flexibility index (Phi) is 5.28. The van der Waals surface area contributed by atoms with Gasteiger partial charge in [-0.3, -0.25) is 4.79 Å². The largest absolute Gasteiger partial charge is 0.399 e. The second-order valence-electron chi connectivity index (χ2n) is 4.75. The van der Waals surface area contributed by atoms with E-state index in [-0.39, 0.29) is 5.91 Å². The summed E-state index contributed by atoms with van der Waals surface area (Å²) >= 11 is 1.59. The third kappa shape index (κ3) is 3.58. The maximum atomic E-state index is 12.9. The minimum atomic E-state index is 0.0339. The fraction of sp³-hybridized carbons (Fsp3) is 0.235. The molecule has 0 aliphatic carbocycles. The minimum Gasteiger partial charge on any atom is -0.399 e. The van der Waals surface area contributed by atoms with E-state index in [2.05, 4.69) is 6.92 Å². The first kappa shape index (κ1) is 15.4. The lowest BCUT2D eigenvalue weighted by Crippen LogP contribution is -2.32. The molecule has 0 spiro atoms. The summed E-state index contributed by atoms with van der Waals surface area (Å²) in [6.07, 6.45) is 2.89. The van der Waals surface area contributed by atoms with Crippen LogP contribution in [-0.2, 0) is 0 Å². The van der Waals surface area contributed by atoms with Crippen molar-refractivity contribution in [2.24, 2.45) is 0 Å². The molecule has 0 aliphatic rings. The van der Waals surface area contributed by atoms with Gasteiger partial charge < -0.3 is 10.6 Å². The van der Waals surface area contributed by atoms with Crippen LogP contribution in [0.2, 0.25) is 0 Å². The molecule has 4 heteroatoms. The highest BCUT2D eigenvalue weighted by molar-refractivity contribution is 7.98. The van der Waals surface area contributed by atoms with Crippen LogP contribution in [0.3, 0.4) is 0 Å². The van der Waals surface area contributed by atoms with E-state index >= 15 is 0 Å². The van der Waals surface area contributed by atoms with Gasteiger partial charge in [-0.05, 0) is 49.1 Å². The molecule has 0 saturated carbocycles. The summed E-state index contributed by atoms with van der Waals surface area (Å²) in [4.78, 5) is 15.7. The predicted molar refractivity (Wildman–Crippen MR) is 91.0 cm³/mol.